The van der Waals surface area contributed by atoms with E-state index in [0.29, 0.717) is 18.3 Å². The third-order valence-electron chi connectivity index (χ3n) is 4.76. The van der Waals surface area contributed by atoms with E-state index in [0.717, 1.165) is 62.9 Å². The van der Waals surface area contributed by atoms with Gasteiger partial charge in [-0.25, -0.2) is 19.7 Å². The lowest BCUT2D eigenvalue weighted by Crippen LogP contribution is -2.28. The predicted molar refractivity (Wildman–Crippen MR) is 113 cm³/mol. The maximum atomic E-state index is 11.8. The number of anilines is 3. The molecule has 2 aromatic rings. The number of amides is 1. The Hall–Kier alpha value is -2.90. The van der Waals surface area contributed by atoms with Crippen molar-refractivity contribution in [1.29, 1.82) is 0 Å². The molecule has 0 radical (unpaired) electrons. The Kier molecular flexibility index (Phi) is 8.03. The van der Waals surface area contributed by atoms with E-state index < -0.39 is 0 Å². The first-order valence-electron chi connectivity index (χ1n) is 10.4. The van der Waals surface area contributed by atoms with Gasteiger partial charge in [0.15, 0.2) is 0 Å². The van der Waals surface area contributed by atoms with E-state index >= 15 is 0 Å². The highest BCUT2D eigenvalue weighted by molar-refractivity contribution is 5.67. The molecule has 0 aliphatic carbocycles. The van der Waals surface area contributed by atoms with Crippen LogP contribution in [0.1, 0.15) is 51.0 Å². The highest BCUT2D eigenvalue weighted by Crippen LogP contribution is 2.14. The van der Waals surface area contributed by atoms with Crippen molar-refractivity contribution in [3.63, 3.8) is 0 Å². The summed E-state index contributed by atoms with van der Waals surface area (Å²) in [5.74, 6) is 2.06. The topological polar surface area (TPSA) is 101 Å². The summed E-state index contributed by atoms with van der Waals surface area (Å²) >= 11 is 0. The van der Waals surface area contributed by atoms with Crippen molar-refractivity contribution in [2.45, 2.75) is 58.0 Å². The Balaban J connectivity index is 1.61. The van der Waals surface area contributed by atoms with Crippen LogP contribution < -0.4 is 16.0 Å². The van der Waals surface area contributed by atoms with Crippen molar-refractivity contribution in [2.75, 3.05) is 23.7 Å². The number of ether oxygens (including phenoxy) is 1. The molecule has 8 heteroatoms. The summed E-state index contributed by atoms with van der Waals surface area (Å²) in [6, 6.07) is 5.80. The molecule has 1 atom stereocenters. The molecule has 2 aromatic heterocycles. The average molecular weight is 399 g/mol. The third kappa shape index (κ3) is 7.56. The van der Waals surface area contributed by atoms with Gasteiger partial charge >= 0.3 is 6.09 Å². The molecule has 0 unspecified atom stereocenters. The number of rotatable bonds is 0. The zero-order valence-corrected chi connectivity index (χ0v) is 17.0. The molecule has 0 spiro atoms. The van der Waals surface area contributed by atoms with Crippen LogP contribution in [0.3, 0.4) is 0 Å². The molecule has 156 valence electrons. The van der Waals surface area contributed by atoms with Crippen molar-refractivity contribution < 1.29 is 9.53 Å². The van der Waals surface area contributed by atoms with Gasteiger partial charge in [0.25, 0.3) is 0 Å². The van der Waals surface area contributed by atoms with E-state index in [9.17, 15) is 4.79 Å². The van der Waals surface area contributed by atoms with Crippen molar-refractivity contribution in [3.05, 3.63) is 36.2 Å². The van der Waals surface area contributed by atoms with E-state index in [1.54, 1.807) is 0 Å². The van der Waals surface area contributed by atoms with Crippen molar-refractivity contribution in [2.24, 2.45) is 0 Å². The summed E-state index contributed by atoms with van der Waals surface area (Å²) < 4.78 is 5.41. The van der Waals surface area contributed by atoms with E-state index in [2.05, 4.69) is 30.9 Å². The molecule has 0 saturated heterocycles. The number of carbonyl (C=O) groups excluding carboxylic acids is 1. The molecule has 29 heavy (non-hydrogen) atoms. The first kappa shape index (κ1) is 20.8. The largest absolute Gasteiger partial charge is 0.447 e. The fourth-order valence-electron chi connectivity index (χ4n) is 3.15. The number of aryl methyl sites for hydroxylation is 1. The van der Waals surface area contributed by atoms with Crippen LogP contribution in [0, 0.1) is 0 Å². The van der Waals surface area contributed by atoms with Crippen molar-refractivity contribution >= 4 is 23.7 Å². The second-order valence-electron chi connectivity index (χ2n) is 7.32. The minimum atomic E-state index is -0.328. The zero-order chi connectivity index (χ0) is 20.3. The molecule has 2 aliphatic heterocycles. The summed E-state index contributed by atoms with van der Waals surface area (Å²) in [6.45, 7) is 3.43. The zero-order valence-electron chi connectivity index (χ0n) is 17.0. The maximum absolute atomic E-state index is 11.8. The number of carbonyl (C=O) groups is 1. The van der Waals surface area contributed by atoms with Crippen molar-refractivity contribution in [1.82, 2.24) is 20.3 Å². The first-order chi connectivity index (χ1) is 14.2. The Morgan fingerprint density at radius 3 is 2.48 bits per heavy atom. The van der Waals surface area contributed by atoms with Crippen LogP contribution in [0.25, 0.3) is 0 Å². The lowest BCUT2D eigenvalue weighted by molar-refractivity contribution is 0.101. The number of fused-ring (bicyclic) bond motifs is 15. The quantitative estimate of drug-likeness (QED) is 0.616. The number of hydrogen-bond acceptors (Lipinski definition) is 7. The molecule has 4 bridgehead atoms. The fourth-order valence-corrected chi connectivity index (χ4v) is 3.15. The molecule has 3 N–H and O–H groups in total. The molecule has 4 rings (SSSR count). The van der Waals surface area contributed by atoms with Gasteiger partial charge in [0.1, 0.15) is 17.7 Å². The van der Waals surface area contributed by atoms with Crippen LogP contribution in [0.4, 0.5) is 22.4 Å². The Morgan fingerprint density at radius 2 is 1.69 bits per heavy atom. The van der Waals surface area contributed by atoms with Crippen molar-refractivity contribution in [3.8, 4) is 0 Å². The molecular weight excluding hydrogens is 368 g/mol. The summed E-state index contributed by atoms with van der Waals surface area (Å²) in [5.41, 5.74) is 1.05. The van der Waals surface area contributed by atoms with Crippen LogP contribution in [0.2, 0.25) is 0 Å². The SMILES string of the molecule is C[C@@H]1CCCc2cnc(nc2)Nc2cccc(n2)NCCCCCCNC(=O)O1. The maximum Gasteiger partial charge on any atom is 0.407 e. The van der Waals surface area contributed by atoms with Gasteiger partial charge < -0.3 is 20.7 Å². The Morgan fingerprint density at radius 1 is 0.966 bits per heavy atom. The molecule has 4 heterocycles. The van der Waals surface area contributed by atoms with Gasteiger partial charge in [-0.1, -0.05) is 18.9 Å². The van der Waals surface area contributed by atoms with Gasteiger partial charge in [-0.2, -0.15) is 0 Å². The normalized spacial score (nSPS) is 19.5. The van der Waals surface area contributed by atoms with E-state index in [1.807, 2.05) is 37.5 Å². The molecule has 0 saturated carbocycles. The lowest BCUT2D eigenvalue weighted by Gasteiger charge is -2.14. The molecule has 2 aliphatic rings. The summed E-state index contributed by atoms with van der Waals surface area (Å²) in [7, 11) is 0. The van der Waals surface area contributed by atoms with Gasteiger partial charge in [-0.05, 0) is 56.7 Å². The van der Waals surface area contributed by atoms with Crippen LogP contribution in [-0.2, 0) is 11.2 Å². The Bertz CT molecular complexity index is 768. The monoisotopic (exact) mass is 398 g/mol. The predicted octanol–water partition coefficient (Wildman–Crippen LogP) is 4.04. The molecule has 0 fully saturated rings. The smallest absolute Gasteiger partial charge is 0.407 e. The number of nitrogens with one attached hydrogen (secondary N) is 3. The van der Waals surface area contributed by atoms with Gasteiger partial charge in [0.05, 0.1) is 0 Å². The number of alkyl carbamates (subject to hydrolysis) is 1. The van der Waals surface area contributed by atoms with Crippen LogP contribution in [-0.4, -0.2) is 40.2 Å². The van der Waals surface area contributed by atoms with Crippen LogP contribution in [0.15, 0.2) is 30.6 Å². The summed E-state index contributed by atoms with van der Waals surface area (Å²) in [4.78, 5) is 25.2. The molecular formula is C21H30N6O2. The van der Waals surface area contributed by atoms with E-state index in [-0.39, 0.29) is 12.2 Å². The molecule has 1 amide bonds. The first-order valence-corrected chi connectivity index (χ1v) is 10.4. The molecule has 0 aromatic carbocycles. The summed E-state index contributed by atoms with van der Waals surface area (Å²) in [5, 5.41) is 9.33. The number of hydrogen-bond donors (Lipinski definition) is 3. The molecule has 8 nitrogen and oxygen atoms in total. The fraction of sp³-hybridized carbons (Fsp3) is 0.524. The highest BCUT2D eigenvalue weighted by Gasteiger charge is 2.09. The lowest BCUT2D eigenvalue weighted by atomic mass is 10.1. The highest BCUT2D eigenvalue weighted by atomic mass is 16.6. The third-order valence-corrected chi connectivity index (χ3v) is 4.76. The number of nitrogens with zero attached hydrogens (tertiary/aromatic N) is 3. The minimum absolute atomic E-state index is 0.112. The van der Waals surface area contributed by atoms with E-state index in [4.69, 9.17) is 4.74 Å². The number of aromatic nitrogens is 3. The minimum Gasteiger partial charge on any atom is -0.447 e. The second-order valence-corrected chi connectivity index (χ2v) is 7.32. The van der Waals surface area contributed by atoms with Gasteiger partial charge in [-0.3, -0.25) is 0 Å². The van der Waals surface area contributed by atoms with Gasteiger partial charge in [0, 0.05) is 25.5 Å². The van der Waals surface area contributed by atoms with Gasteiger partial charge in [-0.15, -0.1) is 0 Å². The van der Waals surface area contributed by atoms with Gasteiger partial charge in [0.2, 0.25) is 5.95 Å². The number of pyridine rings is 1. The summed E-state index contributed by atoms with van der Waals surface area (Å²) in [6.07, 6.45) is 9.91. The second kappa shape index (κ2) is 11.2. The Labute approximate surface area is 171 Å². The van der Waals surface area contributed by atoms with Crippen LogP contribution in [0.5, 0.6) is 0 Å². The van der Waals surface area contributed by atoms with Crippen LogP contribution >= 0.6 is 0 Å². The van der Waals surface area contributed by atoms with E-state index in [1.165, 1.54) is 0 Å². The average Bonchev–Trinajstić information content (AvgIpc) is 2.71. The standard InChI is InChI=1S/C21H30N6O2/c1-16-8-6-9-17-14-24-20(25-15-17)27-19-11-7-10-18(26-19)22-12-4-2-3-5-13-23-21(28)29-16/h7,10-11,14-16H,2-6,8-9,12-13H2,1H3,(H,23,28)(H2,22,24,25,26,27)/t16-/m1/s1.